The van der Waals surface area contributed by atoms with E-state index in [1.54, 1.807) is 12.4 Å². The second-order valence-electron chi connectivity index (χ2n) is 6.68. The van der Waals surface area contributed by atoms with Gasteiger partial charge in [0.15, 0.2) is 0 Å². The number of nitrogens with zero attached hydrogens (tertiary/aromatic N) is 3. The lowest BCUT2D eigenvalue weighted by Gasteiger charge is -2.12. The van der Waals surface area contributed by atoms with Crippen LogP contribution in [0, 0.1) is 6.92 Å². The lowest BCUT2D eigenvalue weighted by atomic mass is 10.1. The topological polar surface area (TPSA) is 59.8 Å². The third-order valence-corrected chi connectivity index (χ3v) is 6.01. The van der Waals surface area contributed by atoms with Crippen molar-refractivity contribution in [2.45, 2.75) is 26.4 Å². The molecule has 7 heteroatoms. The number of thiophene rings is 1. The van der Waals surface area contributed by atoms with Gasteiger partial charge in [-0.15, -0.1) is 11.3 Å². The van der Waals surface area contributed by atoms with Gasteiger partial charge in [0.25, 0.3) is 5.91 Å². The highest BCUT2D eigenvalue weighted by molar-refractivity contribution is 7.20. The molecule has 1 aromatic carbocycles. The van der Waals surface area contributed by atoms with Crippen molar-refractivity contribution in [1.29, 1.82) is 0 Å². The van der Waals surface area contributed by atoms with Crippen LogP contribution >= 0.6 is 22.9 Å². The highest BCUT2D eigenvalue weighted by atomic mass is 35.5. The van der Waals surface area contributed by atoms with Crippen LogP contribution in [0.15, 0.2) is 54.9 Å². The number of carbonyl (C=O) groups excluding carboxylic acids is 1. The van der Waals surface area contributed by atoms with Crippen molar-refractivity contribution in [2.75, 3.05) is 0 Å². The first-order valence-corrected chi connectivity index (χ1v) is 10.1. The summed E-state index contributed by atoms with van der Waals surface area (Å²) in [5.74, 6) is -0.0880. The number of pyridine rings is 1. The fourth-order valence-corrected chi connectivity index (χ4v) is 4.27. The largest absolute Gasteiger partial charge is 0.345 e. The SMILES string of the molecule is Cc1nn(Cc2ccc(Cl)cc2)c2sc(C(=O)NC(C)c3cccnc3)cc12. The molecule has 0 aliphatic rings. The summed E-state index contributed by atoms with van der Waals surface area (Å²) in [6, 6.07) is 13.4. The molecule has 5 nitrogen and oxygen atoms in total. The summed E-state index contributed by atoms with van der Waals surface area (Å²) < 4.78 is 1.94. The maximum absolute atomic E-state index is 12.7. The van der Waals surface area contributed by atoms with Gasteiger partial charge in [0.05, 0.1) is 23.2 Å². The van der Waals surface area contributed by atoms with Crippen LogP contribution in [0.5, 0.6) is 0 Å². The molecule has 4 rings (SSSR count). The van der Waals surface area contributed by atoms with Gasteiger partial charge in [-0.3, -0.25) is 14.5 Å². The average Bonchev–Trinajstić information content (AvgIpc) is 3.26. The van der Waals surface area contributed by atoms with Crippen molar-refractivity contribution in [2.24, 2.45) is 0 Å². The Balaban J connectivity index is 1.57. The Kier molecular flexibility index (Phi) is 5.15. The molecule has 3 aromatic heterocycles. The normalized spacial score (nSPS) is 12.2. The number of aryl methyl sites for hydroxylation is 1. The van der Waals surface area contributed by atoms with Gasteiger partial charge in [0.1, 0.15) is 4.83 Å². The quantitative estimate of drug-likeness (QED) is 0.504. The van der Waals surface area contributed by atoms with Crippen LogP contribution in [0.25, 0.3) is 10.2 Å². The van der Waals surface area contributed by atoms with Gasteiger partial charge in [-0.05, 0) is 49.2 Å². The molecule has 1 amide bonds. The molecule has 0 aliphatic heterocycles. The molecule has 0 saturated heterocycles. The zero-order valence-corrected chi connectivity index (χ0v) is 17.1. The van der Waals surface area contributed by atoms with E-state index in [9.17, 15) is 4.79 Å². The Bertz CT molecular complexity index is 1120. The number of aromatic nitrogens is 3. The number of benzene rings is 1. The van der Waals surface area contributed by atoms with Crippen LogP contribution < -0.4 is 5.32 Å². The Morgan fingerprint density at radius 3 is 2.79 bits per heavy atom. The average molecular weight is 411 g/mol. The number of hydrogen-bond donors (Lipinski definition) is 1. The van der Waals surface area contributed by atoms with E-state index in [1.807, 2.05) is 61.0 Å². The Hall–Kier alpha value is -2.70. The number of fused-ring (bicyclic) bond motifs is 1. The summed E-state index contributed by atoms with van der Waals surface area (Å²) in [7, 11) is 0. The molecule has 0 radical (unpaired) electrons. The van der Waals surface area contributed by atoms with E-state index < -0.39 is 0 Å². The summed E-state index contributed by atoms with van der Waals surface area (Å²) in [4.78, 5) is 18.5. The predicted molar refractivity (Wildman–Crippen MR) is 113 cm³/mol. The highest BCUT2D eigenvalue weighted by Gasteiger charge is 2.18. The van der Waals surface area contributed by atoms with Gasteiger partial charge in [-0.1, -0.05) is 29.8 Å². The summed E-state index contributed by atoms with van der Waals surface area (Å²) in [5, 5.41) is 9.40. The third kappa shape index (κ3) is 3.79. The molecule has 0 aliphatic carbocycles. The van der Waals surface area contributed by atoms with E-state index in [-0.39, 0.29) is 11.9 Å². The second kappa shape index (κ2) is 7.73. The molecule has 0 saturated carbocycles. The fraction of sp³-hybridized carbons (Fsp3) is 0.190. The molecule has 1 unspecified atom stereocenters. The molecular formula is C21H19ClN4OS. The minimum Gasteiger partial charge on any atom is -0.345 e. The molecule has 1 N–H and O–H groups in total. The van der Waals surface area contributed by atoms with E-state index in [2.05, 4.69) is 15.4 Å². The van der Waals surface area contributed by atoms with Crippen LogP contribution in [0.1, 0.15) is 39.5 Å². The van der Waals surface area contributed by atoms with Gasteiger partial charge < -0.3 is 5.32 Å². The van der Waals surface area contributed by atoms with E-state index in [0.29, 0.717) is 16.4 Å². The monoisotopic (exact) mass is 410 g/mol. The van der Waals surface area contributed by atoms with Crippen molar-refractivity contribution < 1.29 is 4.79 Å². The first-order chi connectivity index (χ1) is 13.5. The van der Waals surface area contributed by atoms with E-state index in [1.165, 1.54) is 11.3 Å². The maximum atomic E-state index is 12.7. The minimum atomic E-state index is -0.113. The molecule has 0 bridgehead atoms. The number of carbonyl (C=O) groups is 1. The van der Waals surface area contributed by atoms with E-state index in [0.717, 1.165) is 27.0 Å². The Labute approximate surface area is 172 Å². The van der Waals surface area contributed by atoms with Gasteiger partial charge >= 0.3 is 0 Å². The minimum absolute atomic E-state index is 0.0880. The fourth-order valence-electron chi connectivity index (χ4n) is 3.08. The van der Waals surface area contributed by atoms with Crippen molar-refractivity contribution >= 4 is 39.1 Å². The molecule has 142 valence electrons. The number of rotatable bonds is 5. The zero-order valence-electron chi connectivity index (χ0n) is 15.5. The summed E-state index contributed by atoms with van der Waals surface area (Å²) in [5.41, 5.74) is 3.00. The number of nitrogens with one attached hydrogen (secondary N) is 1. The molecule has 28 heavy (non-hydrogen) atoms. The molecule has 4 aromatic rings. The first-order valence-electron chi connectivity index (χ1n) is 8.93. The van der Waals surface area contributed by atoms with E-state index in [4.69, 9.17) is 11.6 Å². The first kappa shape index (κ1) is 18.7. The zero-order chi connectivity index (χ0) is 19.7. The molecular weight excluding hydrogens is 392 g/mol. The number of halogens is 1. The molecule has 3 heterocycles. The van der Waals surface area contributed by atoms with Crippen LogP contribution in [-0.4, -0.2) is 20.7 Å². The van der Waals surface area contributed by atoms with Gasteiger partial charge in [0.2, 0.25) is 0 Å². The predicted octanol–water partition coefficient (Wildman–Crippen LogP) is 4.99. The summed E-state index contributed by atoms with van der Waals surface area (Å²) >= 11 is 7.43. The van der Waals surface area contributed by atoms with Gasteiger partial charge in [-0.25, -0.2) is 0 Å². The van der Waals surface area contributed by atoms with Crippen LogP contribution in [0.2, 0.25) is 5.02 Å². The summed E-state index contributed by atoms with van der Waals surface area (Å²) in [6.07, 6.45) is 3.49. The van der Waals surface area contributed by atoms with Crippen molar-refractivity contribution in [3.8, 4) is 0 Å². The van der Waals surface area contributed by atoms with Crippen molar-refractivity contribution in [3.05, 3.63) is 81.6 Å². The maximum Gasteiger partial charge on any atom is 0.261 e. The highest BCUT2D eigenvalue weighted by Crippen LogP contribution is 2.29. The smallest absolute Gasteiger partial charge is 0.261 e. The lowest BCUT2D eigenvalue weighted by molar-refractivity contribution is 0.0944. The molecule has 1 atom stereocenters. The standard InChI is InChI=1S/C21H19ClN4OS/c1-13(16-4-3-9-23-11-16)24-20(27)19-10-18-14(2)25-26(21(18)28-19)12-15-5-7-17(22)8-6-15/h3-11,13H,12H2,1-2H3,(H,24,27). The van der Waals surface area contributed by atoms with Crippen molar-refractivity contribution in [1.82, 2.24) is 20.1 Å². The van der Waals surface area contributed by atoms with Gasteiger partial charge in [0, 0.05) is 22.8 Å². The number of hydrogen-bond acceptors (Lipinski definition) is 4. The van der Waals surface area contributed by atoms with Crippen LogP contribution in [0.3, 0.4) is 0 Å². The van der Waals surface area contributed by atoms with Crippen LogP contribution in [-0.2, 0) is 6.54 Å². The van der Waals surface area contributed by atoms with E-state index >= 15 is 0 Å². The Morgan fingerprint density at radius 1 is 1.29 bits per heavy atom. The van der Waals surface area contributed by atoms with Crippen molar-refractivity contribution in [3.63, 3.8) is 0 Å². The van der Waals surface area contributed by atoms with Gasteiger partial charge in [-0.2, -0.15) is 5.10 Å². The van der Waals surface area contributed by atoms with Crippen LogP contribution in [0.4, 0.5) is 0 Å². The lowest BCUT2D eigenvalue weighted by Crippen LogP contribution is -2.25. The third-order valence-electron chi connectivity index (χ3n) is 4.61. The second-order valence-corrected chi connectivity index (χ2v) is 8.15. The molecule has 0 spiro atoms. The molecule has 0 fully saturated rings. The summed E-state index contributed by atoms with van der Waals surface area (Å²) in [6.45, 7) is 4.55. The Morgan fingerprint density at radius 2 is 2.07 bits per heavy atom. The number of amides is 1.